The molecule has 0 aromatic rings. The van der Waals surface area contributed by atoms with Gasteiger partial charge in [-0.15, -0.1) is 0 Å². The highest BCUT2D eigenvalue weighted by molar-refractivity contribution is 4.78. The minimum absolute atomic E-state index is 0.00898. The second-order valence-corrected chi connectivity index (χ2v) is 4.40. The Labute approximate surface area is 84.8 Å². The molecule has 0 aliphatic carbocycles. The van der Waals surface area contributed by atoms with Crippen LogP contribution >= 0.6 is 0 Å². The normalized spacial score (nSPS) is 25.3. The van der Waals surface area contributed by atoms with Crippen LogP contribution in [-0.2, 0) is 9.47 Å². The largest absolute Gasteiger partial charge is 0.396 e. The molecule has 84 valence electrons. The third kappa shape index (κ3) is 2.92. The predicted molar refractivity (Wildman–Crippen MR) is 51.8 cm³/mol. The van der Waals surface area contributed by atoms with Crippen molar-refractivity contribution in [3.8, 4) is 0 Å². The van der Waals surface area contributed by atoms with E-state index in [1.54, 1.807) is 0 Å². The van der Waals surface area contributed by atoms with Crippen molar-refractivity contribution in [1.82, 2.24) is 0 Å². The zero-order valence-electron chi connectivity index (χ0n) is 8.90. The summed E-state index contributed by atoms with van der Waals surface area (Å²) in [7, 11) is 0. The zero-order valence-corrected chi connectivity index (χ0v) is 8.90. The highest BCUT2D eigenvalue weighted by atomic mass is 16.7. The van der Waals surface area contributed by atoms with Crippen molar-refractivity contribution in [3.63, 3.8) is 0 Å². The van der Waals surface area contributed by atoms with Gasteiger partial charge in [0.15, 0.2) is 6.29 Å². The topological polar surface area (TPSA) is 58.9 Å². The Hall–Kier alpha value is -0.160. The van der Waals surface area contributed by atoms with Crippen LogP contribution in [0.15, 0.2) is 0 Å². The molecule has 1 aliphatic rings. The van der Waals surface area contributed by atoms with Gasteiger partial charge in [0.2, 0.25) is 0 Å². The Morgan fingerprint density at radius 2 is 2.21 bits per heavy atom. The van der Waals surface area contributed by atoms with E-state index < -0.39 is 5.41 Å². The number of hydrogen-bond acceptors (Lipinski definition) is 4. The van der Waals surface area contributed by atoms with Crippen LogP contribution < -0.4 is 0 Å². The molecular weight excluding hydrogens is 184 g/mol. The summed E-state index contributed by atoms with van der Waals surface area (Å²) in [5, 5.41) is 18.3. The first-order chi connectivity index (χ1) is 6.60. The van der Waals surface area contributed by atoms with E-state index in [9.17, 15) is 0 Å². The first-order valence-electron chi connectivity index (χ1n) is 5.09. The fourth-order valence-electron chi connectivity index (χ4n) is 1.41. The van der Waals surface area contributed by atoms with E-state index in [-0.39, 0.29) is 25.6 Å². The predicted octanol–water partition coefficient (Wildman–Crippen LogP) is 0.519. The highest BCUT2D eigenvalue weighted by Crippen LogP contribution is 2.26. The molecule has 0 saturated carbocycles. The monoisotopic (exact) mass is 204 g/mol. The summed E-state index contributed by atoms with van der Waals surface area (Å²) in [6, 6.07) is 0. The summed E-state index contributed by atoms with van der Waals surface area (Å²) in [5.74, 6) is 0. The van der Waals surface area contributed by atoms with E-state index in [2.05, 4.69) is 0 Å². The van der Waals surface area contributed by atoms with Gasteiger partial charge < -0.3 is 19.7 Å². The van der Waals surface area contributed by atoms with Crippen LogP contribution in [0.1, 0.15) is 26.7 Å². The average Bonchev–Trinajstić information content (AvgIpc) is 2.66. The third-order valence-electron chi connectivity index (χ3n) is 2.65. The third-order valence-corrected chi connectivity index (χ3v) is 2.65. The van der Waals surface area contributed by atoms with Crippen molar-refractivity contribution in [2.45, 2.75) is 39.1 Å². The maximum Gasteiger partial charge on any atom is 0.158 e. The van der Waals surface area contributed by atoms with E-state index in [0.29, 0.717) is 0 Å². The van der Waals surface area contributed by atoms with Gasteiger partial charge in [0.25, 0.3) is 0 Å². The molecule has 4 heteroatoms. The number of rotatable bonds is 5. The number of aliphatic hydroxyl groups is 2. The van der Waals surface area contributed by atoms with Gasteiger partial charge in [0.1, 0.15) is 0 Å². The van der Waals surface area contributed by atoms with E-state index in [4.69, 9.17) is 19.7 Å². The van der Waals surface area contributed by atoms with Crippen LogP contribution in [0, 0.1) is 5.41 Å². The molecule has 0 aromatic heterocycles. The van der Waals surface area contributed by atoms with Crippen molar-refractivity contribution in [2.75, 3.05) is 19.8 Å². The summed E-state index contributed by atoms with van der Waals surface area (Å²) in [5.41, 5.74) is -0.430. The van der Waals surface area contributed by atoms with Crippen LogP contribution in [0.2, 0.25) is 0 Å². The molecule has 0 amide bonds. The molecule has 2 atom stereocenters. The summed E-state index contributed by atoms with van der Waals surface area (Å²) in [6.07, 6.45) is 1.30. The SMILES string of the molecule is CC(C)(CO)C(CO)OC1CCCO1. The van der Waals surface area contributed by atoms with Crippen molar-refractivity contribution >= 4 is 0 Å². The van der Waals surface area contributed by atoms with Crippen molar-refractivity contribution in [1.29, 1.82) is 0 Å². The number of hydrogen-bond donors (Lipinski definition) is 2. The summed E-state index contributed by atoms with van der Waals surface area (Å²) >= 11 is 0. The van der Waals surface area contributed by atoms with E-state index in [1.165, 1.54) is 0 Å². The second kappa shape index (κ2) is 5.07. The molecule has 0 bridgehead atoms. The zero-order chi connectivity index (χ0) is 10.6. The molecule has 2 N–H and O–H groups in total. The first kappa shape index (κ1) is 11.9. The number of aliphatic hydroxyl groups excluding tert-OH is 2. The van der Waals surface area contributed by atoms with Crippen LogP contribution in [0.3, 0.4) is 0 Å². The van der Waals surface area contributed by atoms with Crippen molar-refractivity contribution in [3.05, 3.63) is 0 Å². The van der Waals surface area contributed by atoms with E-state index in [1.807, 2.05) is 13.8 Å². The minimum atomic E-state index is -0.430. The maximum atomic E-state index is 9.16. The molecule has 0 radical (unpaired) electrons. The van der Waals surface area contributed by atoms with Gasteiger partial charge in [0, 0.05) is 18.4 Å². The van der Waals surface area contributed by atoms with Crippen LogP contribution in [-0.4, -0.2) is 42.4 Å². The van der Waals surface area contributed by atoms with E-state index >= 15 is 0 Å². The summed E-state index contributed by atoms with van der Waals surface area (Å²) in [4.78, 5) is 0. The Kier molecular flexibility index (Phi) is 4.31. The Balaban J connectivity index is 2.44. The lowest BCUT2D eigenvalue weighted by Crippen LogP contribution is -2.40. The Morgan fingerprint density at radius 1 is 1.50 bits per heavy atom. The molecule has 1 aliphatic heterocycles. The Morgan fingerprint density at radius 3 is 2.64 bits per heavy atom. The van der Waals surface area contributed by atoms with Gasteiger partial charge in [-0.1, -0.05) is 13.8 Å². The quantitative estimate of drug-likeness (QED) is 0.685. The lowest BCUT2D eigenvalue weighted by Gasteiger charge is -2.32. The molecule has 1 heterocycles. The highest BCUT2D eigenvalue weighted by Gasteiger charge is 2.32. The van der Waals surface area contributed by atoms with Crippen molar-refractivity contribution in [2.24, 2.45) is 5.41 Å². The second-order valence-electron chi connectivity index (χ2n) is 4.40. The molecule has 1 rings (SSSR count). The smallest absolute Gasteiger partial charge is 0.158 e. The van der Waals surface area contributed by atoms with Gasteiger partial charge in [-0.05, 0) is 6.42 Å². The molecule has 1 saturated heterocycles. The molecule has 4 nitrogen and oxygen atoms in total. The summed E-state index contributed by atoms with van der Waals surface area (Å²) < 4.78 is 10.9. The van der Waals surface area contributed by atoms with Gasteiger partial charge in [-0.2, -0.15) is 0 Å². The van der Waals surface area contributed by atoms with Gasteiger partial charge in [-0.3, -0.25) is 0 Å². The fraction of sp³-hybridized carbons (Fsp3) is 1.00. The number of ether oxygens (including phenoxy) is 2. The van der Waals surface area contributed by atoms with Gasteiger partial charge in [0.05, 0.1) is 19.3 Å². The standard InChI is InChI=1S/C10H20O4/c1-10(2,7-12)8(6-11)14-9-4-3-5-13-9/h8-9,11-12H,3-7H2,1-2H3. The molecule has 2 unspecified atom stereocenters. The van der Waals surface area contributed by atoms with Crippen LogP contribution in [0.25, 0.3) is 0 Å². The molecular formula is C10H20O4. The Bertz CT molecular complexity index is 164. The fourth-order valence-corrected chi connectivity index (χ4v) is 1.41. The van der Waals surface area contributed by atoms with E-state index in [0.717, 1.165) is 19.4 Å². The van der Waals surface area contributed by atoms with Crippen LogP contribution in [0.4, 0.5) is 0 Å². The lowest BCUT2D eigenvalue weighted by molar-refractivity contribution is -0.188. The molecule has 14 heavy (non-hydrogen) atoms. The summed E-state index contributed by atoms with van der Waals surface area (Å²) in [6.45, 7) is 4.35. The average molecular weight is 204 g/mol. The first-order valence-corrected chi connectivity index (χ1v) is 5.09. The molecule has 0 aromatic carbocycles. The maximum absolute atomic E-state index is 9.16. The molecule has 1 fully saturated rings. The van der Waals surface area contributed by atoms with Crippen LogP contribution in [0.5, 0.6) is 0 Å². The minimum Gasteiger partial charge on any atom is -0.396 e. The lowest BCUT2D eigenvalue weighted by atomic mass is 9.88. The van der Waals surface area contributed by atoms with Gasteiger partial charge in [-0.25, -0.2) is 0 Å². The van der Waals surface area contributed by atoms with Crippen molar-refractivity contribution < 1.29 is 19.7 Å². The van der Waals surface area contributed by atoms with Gasteiger partial charge >= 0.3 is 0 Å². The molecule has 0 spiro atoms.